The van der Waals surface area contributed by atoms with E-state index in [0.717, 1.165) is 23.1 Å². The standard InChI is InChI=1S/C33H37FN6O4.CH2O2/c1-43-29-9-8-26-21-30(29)44-19-5-15-38(31(41)10-7-25-6-4-11-35-22-25)13-2-3-14-40(18-17-39-16-12-37-32(26)39)33(42)27-20-28(34)24-36-23-27;2-1-3/h4,6,8-9,11-12,16,20-24H,2-3,5,7,10,13-15,17-19H2,1H3;1H,(H,2,3). The summed E-state index contributed by atoms with van der Waals surface area (Å²) in [5.41, 5.74) is 2.06. The van der Waals surface area contributed by atoms with Crippen LogP contribution in [0.3, 0.4) is 0 Å². The second-order valence-corrected chi connectivity index (χ2v) is 10.8. The lowest BCUT2D eigenvalue weighted by Crippen LogP contribution is -2.36. The molecule has 2 amide bonds. The Kier molecular flexibility index (Phi) is 13.2. The number of carbonyl (C=O) groups excluding carboxylic acids is 2. The Bertz CT molecular complexity index is 1600. The predicted molar refractivity (Wildman–Crippen MR) is 171 cm³/mol. The van der Waals surface area contributed by atoms with E-state index in [0.29, 0.717) is 82.9 Å². The lowest BCUT2D eigenvalue weighted by atomic mass is 10.1. The van der Waals surface area contributed by atoms with Crippen LogP contribution < -0.4 is 9.47 Å². The van der Waals surface area contributed by atoms with Gasteiger partial charge >= 0.3 is 0 Å². The minimum atomic E-state index is -0.559. The van der Waals surface area contributed by atoms with Gasteiger partial charge in [0.25, 0.3) is 12.4 Å². The first-order chi connectivity index (χ1) is 22.9. The van der Waals surface area contributed by atoms with Crippen LogP contribution in [0.5, 0.6) is 11.5 Å². The Balaban J connectivity index is 0.00000160. The Morgan fingerprint density at radius 3 is 2.51 bits per heavy atom. The number of benzene rings is 1. The molecule has 2 bridgehead atoms. The molecule has 0 saturated carbocycles. The normalized spacial score (nSPS) is 14.0. The summed E-state index contributed by atoms with van der Waals surface area (Å²) in [4.78, 5) is 51.3. The van der Waals surface area contributed by atoms with Crippen LogP contribution in [0.2, 0.25) is 0 Å². The number of rotatable bonds is 5. The minimum Gasteiger partial charge on any atom is -0.493 e. The molecule has 1 N–H and O–H groups in total. The maximum atomic E-state index is 13.9. The van der Waals surface area contributed by atoms with E-state index in [1.165, 1.54) is 12.3 Å². The van der Waals surface area contributed by atoms with Crippen molar-refractivity contribution in [2.75, 3.05) is 39.9 Å². The topological polar surface area (TPSA) is 140 Å². The summed E-state index contributed by atoms with van der Waals surface area (Å²) >= 11 is 0. The zero-order chi connectivity index (χ0) is 33.4. The van der Waals surface area contributed by atoms with Crippen molar-refractivity contribution in [1.82, 2.24) is 29.3 Å². The van der Waals surface area contributed by atoms with Crippen LogP contribution in [0.1, 0.15) is 41.6 Å². The number of hydrogen-bond acceptors (Lipinski definition) is 8. The monoisotopic (exact) mass is 646 g/mol. The molecule has 248 valence electrons. The summed E-state index contributed by atoms with van der Waals surface area (Å²) < 4.78 is 27.6. The number of halogens is 1. The third kappa shape index (κ3) is 10.1. The number of methoxy groups -OCH3 is 1. The number of aromatic nitrogens is 4. The highest BCUT2D eigenvalue weighted by Crippen LogP contribution is 2.32. The first kappa shape index (κ1) is 34.5. The zero-order valence-electron chi connectivity index (χ0n) is 26.3. The van der Waals surface area contributed by atoms with Gasteiger partial charge in [0.05, 0.1) is 25.5 Å². The fourth-order valence-corrected chi connectivity index (χ4v) is 5.29. The van der Waals surface area contributed by atoms with Crippen molar-refractivity contribution in [2.24, 2.45) is 0 Å². The smallest absolute Gasteiger partial charge is 0.290 e. The number of aryl methyl sites for hydroxylation is 1. The van der Waals surface area contributed by atoms with Crippen molar-refractivity contribution in [3.8, 4) is 22.9 Å². The van der Waals surface area contributed by atoms with Gasteiger partial charge in [-0.3, -0.25) is 24.4 Å². The van der Waals surface area contributed by atoms with E-state index in [9.17, 15) is 14.0 Å². The molecule has 13 heteroatoms. The molecule has 0 fully saturated rings. The van der Waals surface area contributed by atoms with Crippen molar-refractivity contribution in [2.45, 2.75) is 38.6 Å². The number of amides is 2. The SMILES string of the molecule is COc1ccc2cc1OCCCN(C(=O)CCc1cccnc1)CCCCN(C(=O)c1cncc(F)c1)CCn1ccnc1-2.O=CO. The number of nitrogens with zero attached hydrogens (tertiary/aromatic N) is 6. The number of hydrogen-bond donors (Lipinski definition) is 1. The molecule has 1 aliphatic rings. The third-order valence-corrected chi connectivity index (χ3v) is 7.63. The van der Waals surface area contributed by atoms with Crippen molar-refractivity contribution < 1.29 is 33.4 Å². The summed E-state index contributed by atoms with van der Waals surface area (Å²) in [7, 11) is 1.60. The second-order valence-electron chi connectivity index (χ2n) is 10.8. The molecule has 5 rings (SSSR count). The van der Waals surface area contributed by atoms with Gasteiger partial charge in [0.1, 0.15) is 11.6 Å². The Morgan fingerprint density at radius 2 is 1.77 bits per heavy atom. The van der Waals surface area contributed by atoms with E-state index >= 15 is 0 Å². The number of carbonyl (C=O) groups is 3. The number of fused-ring (bicyclic) bond motifs is 4. The Labute approximate surface area is 272 Å². The number of imidazole rings is 1. The van der Waals surface area contributed by atoms with Crippen LogP contribution >= 0.6 is 0 Å². The van der Waals surface area contributed by atoms with E-state index in [1.807, 2.05) is 46.0 Å². The first-order valence-corrected chi connectivity index (χ1v) is 15.4. The minimum absolute atomic E-state index is 0.0653. The van der Waals surface area contributed by atoms with Crippen LogP contribution in [0.25, 0.3) is 11.4 Å². The van der Waals surface area contributed by atoms with Crippen LogP contribution in [0.4, 0.5) is 4.39 Å². The molecule has 3 aromatic heterocycles. The van der Waals surface area contributed by atoms with Crippen LogP contribution in [0.15, 0.2) is 73.6 Å². The van der Waals surface area contributed by atoms with Crippen molar-refractivity contribution in [3.63, 3.8) is 0 Å². The highest BCUT2D eigenvalue weighted by atomic mass is 19.1. The Morgan fingerprint density at radius 1 is 0.979 bits per heavy atom. The second kappa shape index (κ2) is 18.0. The van der Waals surface area contributed by atoms with Crippen molar-refractivity contribution >= 4 is 18.3 Å². The molecule has 1 aromatic carbocycles. The van der Waals surface area contributed by atoms with E-state index in [-0.39, 0.29) is 23.9 Å². The van der Waals surface area contributed by atoms with E-state index in [4.69, 9.17) is 19.4 Å². The highest BCUT2D eigenvalue weighted by Gasteiger charge is 2.20. The van der Waals surface area contributed by atoms with E-state index in [1.54, 1.807) is 30.6 Å². The molecular formula is C34H39FN6O6. The van der Waals surface area contributed by atoms with Gasteiger partial charge in [0.2, 0.25) is 5.91 Å². The summed E-state index contributed by atoms with van der Waals surface area (Å²) in [5, 5.41) is 6.89. The lowest BCUT2D eigenvalue weighted by molar-refractivity contribution is -0.131. The van der Waals surface area contributed by atoms with Gasteiger partial charge in [-0.2, -0.15) is 0 Å². The van der Waals surface area contributed by atoms with Crippen molar-refractivity contribution in [3.05, 3.63) is 90.5 Å². The molecule has 0 saturated heterocycles. The fourth-order valence-electron chi connectivity index (χ4n) is 5.29. The van der Waals surface area contributed by atoms with Crippen molar-refractivity contribution in [1.29, 1.82) is 0 Å². The fraction of sp³-hybridized carbons (Fsp3) is 0.353. The summed E-state index contributed by atoms with van der Waals surface area (Å²) in [6, 6.07) is 10.7. The van der Waals surface area contributed by atoms with E-state index < -0.39 is 5.82 Å². The van der Waals surface area contributed by atoms with Gasteiger partial charge in [-0.25, -0.2) is 9.37 Å². The first-order valence-electron chi connectivity index (χ1n) is 15.4. The molecule has 0 aliphatic carbocycles. The molecule has 4 heterocycles. The Hall–Kier alpha value is -5.33. The average Bonchev–Trinajstić information content (AvgIpc) is 3.56. The maximum absolute atomic E-state index is 13.9. The largest absolute Gasteiger partial charge is 0.493 e. The molecule has 1 aliphatic heterocycles. The number of carboxylic acid groups (broad SMARTS) is 1. The molecular weight excluding hydrogens is 607 g/mol. The molecule has 0 spiro atoms. The lowest BCUT2D eigenvalue weighted by Gasteiger charge is -2.25. The third-order valence-electron chi connectivity index (χ3n) is 7.63. The van der Waals surface area contributed by atoms with E-state index in [2.05, 4.69) is 15.0 Å². The zero-order valence-corrected chi connectivity index (χ0v) is 26.3. The maximum Gasteiger partial charge on any atom is 0.290 e. The molecule has 0 atom stereocenters. The van der Waals surface area contributed by atoms with Crippen LogP contribution in [-0.2, 0) is 22.6 Å². The quantitative estimate of drug-likeness (QED) is 0.314. The average molecular weight is 647 g/mol. The summed E-state index contributed by atoms with van der Waals surface area (Å²) in [5.74, 6) is 1.14. The molecule has 0 unspecified atom stereocenters. The molecule has 47 heavy (non-hydrogen) atoms. The van der Waals surface area contributed by atoms with Crippen LogP contribution in [-0.4, -0.2) is 92.6 Å². The highest BCUT2D eigenvalue weighted by molar-refractivity contribution is 5.93. The summed E-state index contributed by atoms with van der Waals surface area (Å²) in [6.07, 6.45) is 12.6. The number of ether oxygens (including phenoxy) is 2. The van der Waals surface area contributed by atoms with Crippen LogP contribution in [0, 0.1) is 5.82 Å². The van der Waals surface area contributed by atoms with Gasteiger partial charge in [0, 0.05) is 75.7 Å². The molecule has 0 radical (unpaired) electrons. The summed E-state index contributed by atoms with van der Waals surface area (Å²) in [6.45, 7) is 2.56. The van der Waals surface area contributed by atoms with Gasteiger partial charge in [0.15, 0.2) is 11.5 Å². The molecule has 12 nitrogen and oxygen atoms in total. The predicted octanol–water partition coefficient (Wildman–Crippen LogP) is 4.36. The molecule has 4 aromatic rings. The van der Waals surface area contributed by atoms with Gasteiger partial charge < -0.3 is 28.9 Å². The van der Waals surface area contributed by atoms with Gasteiger partial charge in [-0.05, 0) is 61.6 Å². The van der Waals surface area contributed by atoms with Gasteiger partial charge in [-0.1, -0.05) is 6.07 Å². The number of pyridine rings is 2. The van der Waals surface area contributed by atoms with Gasteiger partial charge in [-0.15, -0.1) is 0 Å².